The van der Waals surface area contributed by atoms with Gasteiger partial charge in [0.05, 0.1) is 17.7 Å². The van der Waals surface area contributed by atoms with Crippen molar-refractivity contribution >= 4 is 0 Å². The monoisotopic (exact) mass is 275 g/mol. The van der Waals surface area contributed by atoms with Crippen LogP contribution in [-0.2, 0) is 0 Å². The lowest BCUT2D eigenvalue weighted by molar-refractivity contribution is 0.157. The van der Waals surface area contributed by atoms with Gasteiger partial charge in [0, 0.05) is 6.20 Å². The summed E-state index contributed by atoms with van der Waals surface area (Å²) in [7, 11) is 0. The summed E-state index contributed by atoms with van der Waals surface area (Å²) in [6.45, 7) is 0. The smallest absolute Gasteiger partial charge is 0.0914 e. The van der Waals surface area contributed by atoms with Gasteiger partial charge in [0.1, 0.15) is 0 Å². The number of hydrogen-bond donors (Lipinski definition) is 1. The Bertz CT molecular complexity index is 628. The van der Waals surface area contributed by atoms with E-state index in [2.05, 4.69) is 4.98 Å². The molecule has 0 fully saturated rings. The van der Waals surface area contributed by atoms with Gasteiger partial charge in [0.15, 0.2) is 0 Å². The highest BCUT2D eigenvalue weighted by Crippen LogP contribution is 2.35. The molecule has 0 aliphatic heterocycles. The second-order valence-corrected chi connectivity index (χ2v) is 5.00. The molecule has 1 N–H and O–H groups in total. The molecule has 0 aliphatic carbocycles. The number of nitrogens with zero attached hydrogens (tertiary/aromatic N) is 1. The van der Waals surface area contributed by atoms with Crippen LogP contribution in [0.4, 0.5) is 0 Å². The zero-order valence-electron chi connectivity index (χ0n) is 11.6. The maximum atomic E-state index is 10.8. The third-order valence-corrected chi connectivity index (χ3v) is 3.62. The normalized spacial score (nSPS) is 13.6. The Morgan fingerprint density at radius 2 is 1.24 bits per heavy atom. The summed E-state index contributed by atoms with van der Waals surface area (Å²) < 4.78 is 0. The van der Waals surface area contributed by atoms with E-state index in [1.165, 1.54) is 0 Å². The lowest BCUT2D eigenvalue weighted by atomic mass is 9.86. The highest BCUT2D eigenvalue weighted by molar-refractivity contribution is 5.33. The summed E-state index contributed by atoms with van der Waals surface area (Å²) in [5, 5.41) is 10.8. The van der Waals surface area contributed by atoms with Crippen molar-refractivity contribution in [1.29, 1.82) is 0 Å². The van der Waals surface area contributed by atoms with E-state index < -0.39 is 6.10 Å². The van der Waals surface area contributed by atoms with Gasteiger partial charge < -0.3 is 5.11 Å². The van der Waals surface area contributed by atoms with Gasteiger partial charge in [-0.1, -0.05) is 66.7 Å². The Kier molecular flexibility index (Phi) is 4.08. The van der Waals surface area contributed by atoms with Crippen LogP contribution in [0.25, 0.3) is 0 Å². The van der Waals surface area contributed by atoms with Gasteiger partial charge in [-0.2, -0.15) is 0 Å². The molecule has 0 spiro atoms. The SMILES string of the molecule is O[C@@H](c1ccccc1)[C@@H](c1ccccc1)c1ccccn1. The number of benzene rings is 2. The number of hydrogen-bond acceptors (Lipinski definition) is 2. The minimum Gasteiger partial charge on any atom is -0.387 e. The van der Waals surface area contributed by atoms with Crippen molar-refractivity contribution in [3.63, 3.8) is 0 Å². The van der Waals surface area contributed by atoms with Crippen LogP contribution < -0.4 is 0 Å². The molecule has 0 amide bonds. The Labute approximate surface area is 124 Å². The first-order chi connectivity index (χ1) is 10.4. The molecule has 1 aromatic heterocycles. The van der Waals surface area contributed by atoms with E-state index in [9.17, 15) is 5.11 Å². The van der Waals surface area contributed by atoms with Gasteiger partial charge in [0.25, 0.3) is 0 Å². The summed E-state index contributed by atoms with van der Waals surface area (Å²) in [4.78, 5) is 4.44. The summed E-state index contributed by atoms with van der Waals surface area (Å²) in [5.74, 6) is -0.171. The molecular weight excluding hydrogens is 258 g/mol. The fraction of sp³-hybridized carbons (Fsp3) is 0.105. The van der Waals surface area contributed by atoms with Crippen molar-refractivity contribution in [3.05, 3.63) is 102 Å². The molecule has 1 heterocycles. The van der Waals surface area contributed by atoms with Crippen molar-refractivity contribution < 1.29 is 5.11 Å². The van der Waals surface area contributed by atoms with Gasteiger partial charge in [-0.15, -0.1) is 0 Å². The number of aliphatic hydroxyl groups is 1. The van der Waals surface area contributed by atoms with Crippen molar-refractivity contribution in [2.75, 3.05) is 0 Å². The van der Waals surface area contributed by atoms with E-state index in [4.69, 9.17) is 0 Å². The highest BCUT2D eigenvalue weighted by Gasteiger charge is 2.25. The molecule has 0 unspecified atom stereocenters. The van der Waals surface area contributed by atoms with E-state index in [0.717, 1.165) is 16.8 Å². The molecule has 0 bridgehead atoms. The predicted octanol–water partition coefficient (Wildman–Crippen LogP) is 3.95. The molecule has 21 heavy (non-hydrogen) atoms. The molecule has 0 saturated carbocycles. The zero-order chi connectivity index (χ0) is 14.5. The van der Waals surface area contributed by atoms with Gasteiger partial charge in [-0.05, 0) is 23.3 Å². The second kappa shape index (κ2) is 6.33. The second-order valence-electron chi connectivity index (χ2n) is 5.00. The standard InChI is InChI=1S/C19H17NO/c21-19(16-11-5-2-6-12-16)18(15-9-3-1-4-10-15)17-13-7-8-14-20-17/h1-14,18-19,21H/t18-,19-/m0/s1. The molecule has 0 radical (unpaired) electrons. The average molecular weight is 275 g/mol. The van der Waals surface area contributed by atoms with Crippen molar-refractivity contribution in [3.8, 4) is 0 Å². The molecule has 0 saturated heterocycles. The van der Waals surface area contributed by atoms with Crippen LogP contribution in [0.3, 0.4) is 0 Å². The van der Waals surface area contributed by atoms with Crippen LogP contribution in [0.1, 0.15) is 28.8 Å². The Hall–Kier alpha value is -2.45. The van der Waals surface area contributed by atoms with Crippen LogP contribution in [-0.4, -0.2) is 10.1 Å². The van der Waals surface area contributed by atoms with Crippen LogP contribution >= 0.6 is 0 Å². The maximum absolute atomic E-state index is 10.8. The van der Waals surface area contributed by atoms with E-state index in [1.807, 2.05) is 78.9 Å². The van der Waals surface area contributed by atoms with E-state index in [0.29, 0.717) is 0 Å². The molecule has 2 atom stereocenters. The maximum Gasteiger partial charge on any atom is 0.0914 e. The molecule has 2 nitrogen and oxygen atoms in total. The summed E-state index contributed by atoms with van der Waals surface area (Å²) in [6.07, 6.45) is 1.15. The molecule has 0 aliphatic rings. The molecular formula is C19H17NO. The largest absolute Gasteiger partial charge is 0.387 e. The Balaban J connectivity index is 2.05. The van der Waals surface area contributed by atoms with Gasteiger partial charge in [0.2, 0.25) is 0 Å². The molecule has 3 rings (SSSR count). The summed E-state index contributed by atoms with van der Waals surface area (Å²) in [5.41, 5.74) is 2.84. The highest BCUT2D eigenvalue weighted by atomic mass is 16.3. The Morgan fingerprint density at radius 1 is 0.667 bits per heavy atom. The van der Waals surface area contributed by atoms with Crippen molar-refractivity contribution in [2.45, 2.75) is 12.0 Å². The number of aromatic nitrogens is 1. The lowest BCUT2D eigenvalue weighted by Crippen LogP contribution is -2.13. The summed E-state index contributed by atoms with van der Waals surface area (Å²) in [6, 6.07) is 25.6. The molecule has 3 aromatic rings. The molecule has 2 aromatic carbocycles. The van der Waals surface area contributed by atoms with Crippen LogP contribution in [0.15, 0.2) is 85.1 Å². The van der Waals surface area contributed by atoms with Gasteiger partial charge >= 0.3 is 0 Å². The first-order valence-corrected chi connectivity index (χ1v) is 7.05. The topological polar surface area (TPSA) is 33.1 Å². The first kappa shape index (κ1) is 13.5. The molecule has 104 valence electrons. The number of rotatable bonds is 4. The first-order valence-electron chi connectivity index (χ1n) is 7.05. The zero-order valence-corrected chi connectivity index (χ0v) is 11.6. The summed E-state index contributed by atoms with van der Waals surface area (Å²) >= 11 is 0. The average Bonchev–Trinajstić information content (AvgIpc) is 2.58. The van der Waals surface area contributed by atoms with Crippen molar-refractivity contribution in [1.82, 2.24) is 4.98 Å². The molecule has 2 heteroatoms. The quantitative estimate of drug-likeness (QED) is 0.782. The van der Waals surface area contributed by atoms with Gasteiger partial charge in [-0.3, -0.25) is 4.98 Å². The van der Waals surface area contributed by atoms with Crippen molar-refractivity contribution in [2.24, 2.45) is 0 Å². The van der Waals surface area contributed by atoms with E-state index in [-0.39, 0.29) is 5.92 Å². The fourth-order valence-electron chi connectivity index (χ4n) is 2.58. The van der Waals surface area contributed by atoms with E-state index >= 15 is 0 Å². The third-order valence-electron chi connectivity index (χ3n) is 3.62. The predicted molar refractivity (Wildman–Crippen MR) is 83.9 cm³/mol. The van der Waals surface area contributed by atoms with Crippen LogP contribution in [0, 0.1) is 0 Å². The minimum atomic E-state index is -0.622. The lowest BCUT2D eigenvalue weighted by Gasteiger charge is -2.23. The minimum absolute atomic E-state index is 0.171. The Morgan fingerprint density at radius 3 is 1.81 bits per heavy atom. The number of pyridine rings is 1. The third kappa shape index (κ3) is 3.01. The fourth-order valence-corrected chi connectivity index (χ4v) is 2.58. The number of aliphatic hydroxyl groups excluding tert-OH is 1. The van der Waals surface area contributed by atoms with Crippen LogP contribution in [0.5, 0.6) is 0 Å². The van der Waals surface area contributed by atoms with Crippen LogP contribution in [0.2, 0.25) is 0 Å². The van der Waals surface area contributed by atoms with Gasteiger partial charge in [-0.25, -0.2) is 0 Å². The van der Waals surface area contributed by atoms with E-state index in [1.54, 1.807) is 6.20 Å².